The summed E-state index contributed by atoms with van der Waals surface area (Å²) < 4.78 is 0. The van der Waals surface area contributed by atoms with E-state index in [-0.39, 0.29) is 18.4 Å². The van der Waals surface area contributed by atoms with E-state index >= 15 is 0 Å². The zero-order valence-corrected chi connectivity index (χ0v) is 14.6. The van der Waals surface area contributed by atoms with Gasteiger partial charge in [-0.1, -0.05) is 0 Å². The van der Waals surface area contributed by atoms with Crippen LogP contribution in [0.15, 0.2) is 18.5 Å². The lowest BCUT2D eigenvalue weighted by Crippen LogP contribution is -2.29. The molecule has 130 valence electrons. The van der Waals surface area contributed by atoms with Crippen LogP contribution in [0.25, 0.3) is 10.8 Å². The van der Waals surface area contributed by atoms with Gasteiger partial charge in [0, 0.05) is 25.5 Å². The number of hydrogen-bond acceptors (Lipinski definition) is 6. The largest absolute Gasteiger partial charge is 0.481 e. The topological polar surface area (TPSA) is 96.3 Å². The zero-order valence-electron chi connectivity index (χ0n) is 13.8. The molecule has 2 aromatic heterocycles. The Morgan fingerprint density at radius 3 is 2.60 bits per heavy atom. The second kappa shape index (κ2) is 6.18. The van der Waals surface area contributed by atoms with Gasteiger partial charge >= 0.3 is 5.97 Å². The molecule has 4 rings (SSSR count). The van der Waals surface area contributed by atoms with Crippen LogP contribution >= 0.6 is 11.3 Å². The number of hydrogen-bond donors (Lipinski definition) is 1. The molecule has 1 saturated carbocycles. The van der Waals surface area contributed by atoms with Crippen molar-refractivity contribution in [3.8, 4) is 10.8 Å². The first kappa shape index (κ1) is 16.1. The first-order chi connectivity index (χ1) is 12.0. The van der Waals surface area contributed by atoms with E-state index in [1.165, 1.54) is 11.3 Å². The van der Waals surface area contributed by atoms with E-state index in [9.17, 15) is 14.7 Å². The Hall–Kier alpha value is -2.35. The molecule has 1 amide bonds. The number of thiazole rings is 1. The summed E-state index contributed by atoms with van der Waals surface area (Å²) in [6.07, 6.45) is 5.43. The highest BCUT2D eigenvalue weighted by Crippen LogP contribution is 2.44. The van der Waals surface area contributed by atoms with E-state index in [2.05, 4.69) is 15.0 Å². The molecule has 2 fully saturated rings. The van der Waals surface area contributed by atoms with Gasteiger partial charge in [-0.2, -0.15) is 0 Å². The number of carbonyl (C=O) groups is 2. The molecular weight excluding hydrogens is 340 g/mol. The maximum Gasteiger partial charge on any atom is 0.308 e. The van der Waals surface area contributed by atoms with Gasteiger partial charge in [-0.25, -0.2) is 15.0 Å². The van der Waals surface area contributed by atoms with Crippen molar-refractivity contribution < 1.29 is 14.7 Å². The number of nitrogens with zero attached hydrogens (tertiary/aromatic N) is 4. The van der Waals surface area contributed by atoms with E-state index in [4.69, 9.17) is 0 Å². The number of likely N-dealkylation sites (tertiary alicyclic amines) is 1. The molecule has 1 aliphatic heterocycles. The van der Waals surface area contributed by atoms with E-state index in [1.54, 1.807) is 30.3 Å². The van der Waals surface area contributed by atoms with Crippen molar-refractivity contribution in [2.24, 2.45) is 17.8 Å². The number of rotatable bonds is 4. The number of amides is 1. The Morgan fingerprint density at radius 2 is 1.96 bits per heavy atom. The first-order valence-electron chi connectivity index (χ1n) is 8.31. The standard InChI is InChI=1S/C17H18N4O3S/c1-9-13(25-15(20-9)14-18-5-2-6-19-14)16(22)21-7-11(10-3-4-10)12(8-21)17(23)24/h2,5-6,10-12H,3-4,7-8H2,1H3,(H,23,24)/t11-,12+/m1/s1. The fraction of sp³-hybridized carbons (Fsp3) is 0.471. The van der Waals surface area contributed by atoms with Gasteiger partial charge in [-0.3, -0.25) is 9.59 Å². The number of aromatic nitrogens is 3. The Morgan fingerprint density at radius 1 is 1.24 bits per heavy atom. The quantitative estimate of drug-likeness (QED) is 0.899. The lowest BCUT2D eigenvalue weighted by Gasteiger charge is -2.15. The molecule has 0 unspecified atom stereocenters. The molecular formula is C17H18N4O3S. The van der Waals surface area contributed by atoms with Gasteiger partial charge in [0.2, 0.25) is 0 Å². The van der Waals surface area contributed by atoms with E-state index in [1.807, 2.05) is 0 Å². The van der Waals surface area contributed by atoms with Gasteiger partial charge < -0.3 is 10.0 Å². The Bertz CT molecular complexity index is 819. The highest BCUT2D eigenvalue weighted by atomic mass is 32.1. The molecule has 3 heterocycles. The molecule has 0 radical (unpaired) electrons. The summed E-state index contributed by atoms with van der Waals surface area (Å²) >= 11 is 1.27. The van der Waals surface area contributed by atoms with E-state index in [0.29, 0.717) is 33.9 Å². The summed E-state index contributed by atoms with van der Waals surface area (Å²) in [6, 6.07) is 1.73. The minimum Gasteiger partial charge on any atom is -0.481 e. The molecule has 2 aliphatic rings. The van der Waals surface area contributed by atoms with Crippen LogP contribution in [-0.4, -0.2) is 49.9 Å². The number of aliphatic carboxylic acids is 1. The van der Waals surface area contributed by atoms with E-state index in [0.717, 1.165) is 12.8 Å². The van der Waals surface area contributed by atoms with Crippen LogP contribution in [-0.2, 0) is 4.79 Å². The summed E-state index contributed by atoms with van der Waals surface area (Å²) in [5, 5.41) is 10.1. The predicted octanol–water partition coefficient (Wildman–Crippen LogP) is 2.09. The normalized spacial score (nSPS) is 23.0. The van der Waals surface area contributed by atoms with Gasteiger partial charge in [0.15, 0.2) is 10.8 Å². The minimum atomic E-state index is -0.799. The maximum absolute atomic E-state index is 12.9. The average molecular weight is 358 g/mol. The van der Waals surface area contributed by atoms with Crippen LogP contribution in [0, 0.1) is 24.7 Å². The third-order valence-electron chi connectivity index (χ3n) is 4.94. The monoisotopic (exact) mass is 358 g/mol. The predicted molar refractivity (Wildman–Crippen MR) is 91.1 cm³/mol. The average Bonchev–Trinajstić information content (AvgIpc) is 3.23. The van der Waals surface area contributed by atoms with Crippen molar-refractivity contribution in [2.75, 3.05) is 13.1 Å². The molecule has 2 atom stereocenters. The van der Waals surface area contributed by atoms with Gasteiger partial charge in [-0.05, 0) is 37.7 Å². The SMILES string of the molecule is Cc1nc(-c2ncccn2)sc1C(=O)N1C[C@H](C(=O)O)[C@@H](C2CC2)C1. The van der Waals surface area contributed by atoms with Crippen molar-refractivity contribution >= 4 is 23.2 Å². The van der Waals surface area contributed by atoms with Gasteiger partial charge in [0.05, 0.1) is 11.6 Å². The molecule has 1 N–H and O–H groups in total. The lowest BCUT2D eigenvalue weighted by molar-refractivity contribution is -0.142. The van der Waals surface area contributed by atoms with Crippen molar-refractivity contribution in [3.63, 3.8) is 0 Å². The Labute approximate surface area is 148 Å². The molecule has 0 spiro atoms. The third-order valence-corrected chi connectivity index (χ3v) is 6.09. The zero-order chi connectivity index (χ0) is 17.6. The van der Waals surface area contributed by atoms with Gasteiger partial charge in [-0.15, -0.1) is 11.3 Å². The Kier molecular flexibility index (Phi) is 3.99. The highest BCUT2D eigenvalue weighted by Gasteiger charge is 2.47. The maximum atomic E-state index is 12.9. The number of carboxylic acids is 1. The van der Waals surface area contributed by atoms with Gasteiger partial charge in [0.1, 0.15) is 4.88 Å². The fourth-order valence-corrected chi connectivity index (χ4v) is 4.48. The first-order valence-corrected chi connectivity index (χ1v) is 9.13. The Balaban J connectivity index is 1.57. The minimum absolute atomic E-state index is 0.0756. The summed E-state index contributed by atoms with van der Waals surface area (Å²) in [5.41, 5.74) is 0.638. The molecule has 0 aromatic carbocycles. The summed E-state index contributed by atoms with van der Waals surface area (Å²) in [4.78, 5) is 39.5. The summed E-state index contributed by atoms with van der Waals surface area (Å²) in [7, 11) is 0. The van der Waals surface area contributed by atoms with E-state index < -0.39 is 11.9 Å². The lowest BCUT2D eigenvalue weighted by atomic mass is 9.92. The van der Waals surface area contributed by atoms with Crippen molar-refractivity contribution in [1.29, 1.82) is 0 Å². The second-order valence-corrected chi connectivity index (χ2v) is 7.66. The van der Waals surface area contributed by atoms with Crippen LogP contribution in [0.2, 0.25) is 0 Å². The molecule has 25 heavy (non-hydrogen) atoms. The van der Waals surface area contributed by atoms with Gasteiger partial charge in [0.25, 0.3) is 5.91 Å². The fourth-order valence-electron chi connectivity index (χ4n) is 3.50. The molecule has 0 bridgehead atoms. The number of carboxylic acid groups (broad SMARTS) is 1. The van der Waals surface area contributed by atoms with Crippen LogP contribution in [0.4, 0.5) is 0 Å². The third kappa shape index (κ3) is 3.02. The van der Waals surface area contributed by atoms with Crippen molar-refractivity contribution in [3.05, 3.63) is 29.0 Å². The molecule has 7 nitrogen and oxygen atoms in total. The van der Waals surface area contributed by atoms with Crippen LogP contribution in [0.3, 0.4) is 0 Å². The van der Waals surface area contributed by atoms with Crippen LogP contribution in [0.5, 0.6) is 0 Å². The molecule has 1 saturated heterocycles. The molecule has 1 aliphatic carbocycles. The molecule has 8 heteroatoms. The second-order valence-electron chi connectivity index (χ2n) is 6.66. The van der Waals surface area contributed by atoms with Crippen LogP contribution in [0.1, 0.15) is 28.2 Å². The number of carbonyl (C=O) groups excluding carboxylic acids is 1. The van der Waals surface area contributed by atoms with Crippen molar-refractivity contribution in [1.82, 2.24) is 19.9 Å². The highest BCUT2D eigenvalue weighted by molar-refractivity contribution is 7.17. The number of aryl methyl sites for hydroxylation is 1. The van der Waals surface area contributed by atoms with Crippen molar-refractivity contribution in [2.45, 2.75) is 19.8 Å². The summed E-state index contributed by atoms with van der Waals surface area (Å²) in [6.45, 7) is 2.60. The van der Waals surface area contributed by atoms with Crippen LogP contribution < -0.4 is 0 Å². The summed E-state index contributed by atoms with van der Waals surface area (Å²) in [5.74, 6) is -0.364. The molecule has 2 aromatic rings. The smallest absolute Gasteiger partial charge is 0.308 e.